The Balaban J connectivity index is 1.98. The number of hydrogen-bond donors (Lipinski definition) is 6. The van der Waals surface area contributed by atoms with Crippen LogP contribution in [0.4, 0.5) is 0 Å². The first-order valence-corrected chi connectivity index (χ1v) is 6.99. The summed E-state index contributed by atoms with van der Waals surface area (Å²) in [5.74, 6) is 0. The predicted molar refractivity (Wildman–Crippen MR) is 69.4 cm³/mol. The average Bonchev–Trinajstić information content (AvgIpc) is 2.76. The molecule has 2 aliphatic rings. The molecule has 0 aromatic heterocycles. The molecule has 6 atom stereocenters. The van der Waals surface area contributed by atoms with Gasteiger partial charge in [0.15, 0.2) is 11.5 Å². The molecule has 0 saturated carbocycles. The smallest absolute Gasteiger partial charge is 0.182 e. The van der Waals surface area contributed by atoms with Crippen molar-refractivity contribution in [3.63, 3.8) is 0 Å². The van der Waals surface area contributed by atoms with E-state index in [-0.39, 0.29) is 6.61 Å². The zero-order chi connectivity index (χ0) is 14.0. The van der Waals surface area contributed by atoms with Gasteiger partial charge in [-0.1, -0.05) is 18.7 Å². The molecule has 0 aromatic carbocycles. The molecule has 110 valence electrons. The van der Waals surface area contributed by atoms with Crippen LogP contribution in [0.25, 0.3) is 0 Å². The summed E-state index contributed by atoms with van der Waals surface area (Å²) in [5, 5.41) is 44.2. The van der Waals surface area contributed by atoms with E-state index >= 15 is 0 Å². The van der Waals surface area contributed by atoms with Gasteiger partial charge in [-0.15, -0.1) is 0 Å². The predicted octanol–water partition coefficient (Wildman–Crippen LogP) is -2.63. The molecule has 0 bridgehead atoms. The van der Waals surface area contributed by atoms with E-state index in [1.807, 2.05) is 6.92 Å². The minimum atomic E-state index is -1.17. The molecule has 9 heteroatoms. The van der Waals surface area contributed by atoms with Gasteiger partial charge in [-0.2, -0.15) is 0 Å². The van der Waals surface area contributed by atoms with Crippen molar-refractivity contribution < 1.29 is 25.2 Å². The van der Waals surface area contributed by atoms with Crippen molar-refractivity contribution in [1.82, 2.24) is 10.6 Å². The Labute approximate surface area is 114 Å². The lowest BCUT2D eigenvalue weighted by atomic mass is 9.99. The molecule has 19 heavy (non-hydrogen) atoms. The second kappa shape index (κ2) is 6.35. The summed E-state index contributed by atoms with van der Waals surface area (Å²) in [7, 11) is 0. The van der Waals surface area contributed by atoms with Gasteiger partial charge in [-0.3, -0.25) is 10.3 Å². The number of hydrogen-bond acceptors (Lipinski definition) is 9. The topological polar surface area (TPSA) is 127 Å². The molecule has 0 aliphatic carbocycles. The van der Waals surface area contributed by atoms with Gasteiger partial charge in [-0.25, -0.2) is 0 Å². The second-order valence-corrected chi connectivity index (χ2v) is 5.44. The van der Waals surface area contributed by atoms with Gasteiger partial charge in [0.25, 0.3) is 0 Å². The average molecular weight is 293 g/mol. The quantitative estimate of drug-likeness (QED) is 0.311. The van der Waals surface area contributed by atoms with Crippen LogP contribution in [-0.2, 0) is 4.74 Å². The molecule has 2 heterocycles. The number of ether oxygens (including phenoxy) is 1. The fourth-order valence-corrected chi connectivity index (χ4v) is 3.15. The Kier molecular flexibility index (Phi) is 5.01. The molecule has 2 aliphatic heterocycles. The Bertz CT molecular complexity index is 345. The monoisotopic (exact) mass is 293 g/mol. The Morgan fingerprint density at radius 3 is 2.79 bits per heavy atom. The van der Waals surface area contributed by atoms with Crippen LogP contribution in [-0.4, -0.2) is 74.9 Å². The highest BCUT2D eigenvalue weighted by Gasteiger charge is 2.48. The number of aliphatic hydroxyl groups is 4. The highest BCUT2D eigenvalue weighted by Crippen LogP contribution is 2.35. The summed E-state index contributed by atoms with van der Waals surface area (Å²) in [6.45, 7) is 2.07. The van der Waals surface area contributed by atoms with Gasteiger partial charge in [-0.05, 0) is 6.54 Å². The lowest BCUT2D eigenvalue weighted by Crippen LogP contribution is -2.55. The lowest BCUT2D eigenvalue weighted by molar-refractivity contribution is -0.164. The van der Waals surface area contributed by atoms with E-state index in [9.17, 15) is 15.3 Å². The van der Waals surface area contributed by atoms with Crippen molar-refractivity contribution in [2.24, 2.45) is 4.99 Å². The second-order valence-electron chi connectivity index (χ2n) is 4.35. The van der Waals surface area contributed by atoms with Crippen molar-refractivity contribution in [1.29, 1.82) is 0 Å². The van der Waals surface area contributed by atoms with Crippen LogP contribution in [0, 0.1) is 0 Å². The number of thioether (sulfide) groups is 1. The third-order valence-corrected chi connectivity index (χ3v) is 4.07. The van der Waals surface area contributed by atoms with E-state index in [1.165, 1.54) is 11.8 Å². The standard InChI is InChI=1S/C10H19N3O5S/c1-2-11-9(17)13-10-12-5-7(16)6(15)4(3-14)18-8(5)19-10/h4-9,11,14-17H,2-3H2,1H3,(H,12,13)/t4-,5-,6-,7-,8-,9?/m1/s1. The van der Waals surface area contributed by atoms with E-state index in [4.69, 9.17) is 9.84 Å². The first-order valence-electron chi connectivity index (χ1n) is 6.11. The molecule has 1 unspecified atom stereocenters. The first-order chi connectivity index (χ1) is 9.06. The highest BCUT2D eigenvalue weighted by atomic mass is 32.2. The van der Waals surface area contributed by atoms with Crippen molar-refractivity contribution in [2.75, 3.05) is 13.2 Å². The van der Waals surface area contributed by atoms with E-state index < -0.39 is 36.1 Å². The minimum Gasteiger partial charge on any atom is -0.394 e. The lowest BCUT2D eigenvalue weighted by Gasteiger charge is -2.37. The minimum absolute atomic E-state index is 0.370. The van der Waals surface area contributed by atoms with Gasteiger partial charge in [0.05, 0.1) is 6.61 Å². The molecule has 0 radical (unpaired) electrons. The van der Waals surface area contributed by atoms with E-state index in [0.29, 0.717) is 11.7 Å². The Hall–Kier alpha value is -0.420. The fourth-order valence-electron chi connectivity index (χ4n) is 2.01. The Morgan fingerprint density at radius 1 is 1.42 bits per heavy atom. The van der Waals surface area contributed by atoms with E-state index in [1.54, 1.807) is 0 Å². The zero-order valence-electron chi connectivity index (χ0n) is 10.4. The molecular formula is C10H19N3O5S. The normalized spacial score (nSPS) is 39.6. The van der Waals surface area contributed by atoms with Crippen molar-refractivity contribution in [3.8, 4) is 0 Å². The van der Waals surface area contributed by atoms with Gasteiger partial charge < -0.3 is 30.5 Å². The van der Waals surface area contributed by atoms with Crippen molar-refractivity contribution in [3.05, 3.63) is 0 Å². The summed E-state index contributed by atoms with van der Waals surface area (Å²) < 4.78 is 5.46. The van der Waals surface area contributed by atoms with Crippen molar-refractivity contribution in [2.45, 2.75) is 43.1 Å². The molecule has 0 spiro atoms. The molecule has 6 N–H and O–H groups in total. The van der Waals surface area contributed by atoms with E-state index in [2.05, 4.69) is 15.6 Å². The van der Waals surface area contributed by atoms with Crippen LogP contribution in [0.3, 0.4) is 0 Å². The number of amidine groups is 1. The number of aliphatic hydroxyl groups excluding tert-OH is 4. The summed E-state index contributed by atoms with van der Waals surface area (Å²) in [4.78, 5) is 4.18. The maximum Gasteiger partial charge on any atom is 0.182 e. The van der Waals surface area contributed by atoms with Gasteiger partial charge in [0, 0.05) is 0 Å². The van der Waals surface area contributed by atoms with Crippen LogP contribution in [0.2, 0.25) is 0 Å². The largest absolute Gasteiger partial charge is 0.394 e. The third kappa shape index (κ3) is 3.19. The third-order valence-electron chi connectivity index (χ3n) is 3.00. The maximum absolute atomic E-state index is 9.94. The number of aliphatic imine (C=N–C) groups is 1. The molecule has 8 nitrogen and oxygen atoms in total. The summed E-state index contributed by atoms with van der Waals surface area (Å²) >= 11 is 1.21. The van der Waals surface area contributed by atoms with Crippen LogP contribution in [0.1, 0.15) is 6.92 Å². The summed E-state index contributed by atoms with van der Waals surface area (Å²) in [6, 6.07) is -0.612. The van der Waals surface area contributed by atoms with Crippen molar-refractivity contribution >= 4 is 16.9 Å². The molecule has 1 fully saturated rings. The summed E-state index contributed by atoms with van der Waals surface area (Å²) in [6.07, 6.45) is -4.03. The van der Waals surface area contributed by atoms with E-state index in [0.717, 1.165) is 0 Å². The highest BCUT2D eigenvalue weighted by molar-refractivity contribution is 8.14. The molecular weight excluding hydrogens is 274 g/mol. The fraction of sp³-hybridized carbons (Fsp3) is 0.900. The maximum atomic E-state index is 9.94. The van der Waals surface area contributed by atoms with Crippen LogP contribution in [0.15, 0.2) is 4.99 Å². The first kappa shape index (κ1) is 15.0. The zero-order valence-corrected chi connectivity index (χ0v) is 11.2. The van der Waals surface area contributed by atoms with Gasteiger partial charge in [0.2, 0.25) is 0 Å². The van der Waals surface area contributed by atoms with Crippen LogP contribution in [0.5, 0.6) is 0 Å². The summed E-state index contributed by atoms with van der Waals surface area (Å²) in [5.41, 5.74) is -0.480. The molecule has 0 amide bonds. The Morgan fingerprint density at radius 2 is 2.16 bits per heavy atom. The van der Waals surface area contributed by atoms with Crippen LogP contribution < -0.4 is 10.6 Å². The number of nitrogens with one attached hydrogen (secondary N) is 2. The van der Waals surface area contributed by atoms with Gasteiger partial charge >= 0.3 is 0 Å². The van der Waals surface area contributed by atoms with Gasteiger partial charge in [0.1, 0.15) is 29.8 Å². The molecule has 1 saturated heterocycles. The number of fused-ring (bicyclic) bond motifs is 1. The number of rotatable bonds is 4. The SMILES string of the molecule is CCNC(O)NC1=N[C@@H]2[C@@H](O)[C@H](O)[C@@H](CO)O[C@@H]2S1. The van der Waals surface area contributed by atoms with Crippen LogP contribution >= 0.6 is 11.8 Å². The molecule has 2 rings (SSSR count). The molecule has 0 aromatic rings. The number of nitrogens with zero attached hydrogens (tertiary/aromatic N) is 1.